The molecule has 1 rings (SSSR count). The molecule has 0 atom stereocenters. The molecule has 0 fully saturated rings. The van der Waals surface area contributed by atoms with Crippen molar-refractivity contribution in [2.45, 2.75) is 0 Å². The Morgan fingerprint density at radius 1 is 1.69 bits per heavy atom. The first-order chi connectivity index (χ1) is 6.25. The van der Waals surface area contributed by atoms with Crippen molar-refractivity contribution in [3.05, 3.63) is 28.5 Å². The maximum Gasteiger partial charge on any atom is 0.271 e. The Morgan fingerprint density at radius 2 is 2.46 bits per heavy atom. The van der Waals surface area contributed by atoms with Crippen LogP contribution in [0.4, 0.5) is 0 Å². The van der Waals surface area contributed by atoms with E-state index in [0.717, 1.165) is 0 Å². The van der Waals surface area contributed by atoms with Crippen LogP contribution in [0.3, 0.4) is 0 Å². The molecule has 1 N–H and O–H groups in total. The average Bonchev–Trinajstić information content (AvgIpc) is 2.15. The average molecular weight is 261 g/mol. The van der Waals surface area contributed by atoms with Gasteiger partial charge in [0.25, 0.3) is 5.91 Å². The zero-order chi connectivity index (χ0) is 9.68. The summed E-state index contributed by atoms with van der Waals surface area (Å²) in [6.45, 7) is 0.547. The molecular weight excluding hydrogens is 252 g/mol. The number of halogens is 1. The van der Waals surface area contributed by atoms with Gasteiger partial charge in [-0.2, -0.15) is 12.6 Å². The van der Waals surface area contributed by atoms with Crippen LogP contribution in [-0.2, 0) is 0 Å². The number of aromatic nitrogens is 1. The van der Waals surface area contributed by atoms with Gasteiger partial charge in [-0.05, 0) is 28.1 Å². The minimum atomic E-state index is -0.179. The Balaban J connectivity index is 2.71. The predicted molar refractivity (Wildman–Crippen MR) is 58.1 cm³/mol. The lowest BCUT2D eigenvalue weighted by molar-refractivity contribution is 0.0950. The van der Waals surface area contributed by atoms with E-state index in [1.165, 1.54) is 0 Å². The SMILES string of the molecule is O=C(NCCS)c1ncccc1Br. The fourth-order valence-corrected chi connectivity index (χ4v) is 1.35. The van der Waals surface area contributed by atoms with Crippen LogP contribution >= 0.6 is 28.6 Å². The van der Waals surface area contributed by atoms with Crippen molar-refractivity contribution in [1.82, 2.24) is 10.3 Å². The largest absolute Gasteiger partial charge is 0.350 e. The third-order valence-electron chi connectivity index (χ3n) is 1.37. The fourth-order valence-electron chi connectivity index (χ4n) is 0.806. The number of carbonyl (C=O) groups is 1. The maximum absolute atomic E-state index is 11.4. The van der Waals surface area contributed by atoms with Crippen molar-refractivity contribution < 1.29 is 4.79 Å². The summed E-state index contributed by atoms with van der Waals surface area (Å²) in [7, 11) is 0. The summed E-state index contributed by atoms with van der Waals surface area (Å²) in [4.78, 5) is 15.3. The minimum absolute atomic E-state index is 0.179. The van der Waals surface area contributed by atoms with Gasteiger partial charge in [-0.1, -0.05) is 0 Å². The third kappa shape index (κ3) is 3.00. The number of nitrogens with zero attached hydrogens (tertiary/aromatic N) is 1. The van der Waals surface area contributed by atoms with Gasteiger partial charge < -0.3 is 5.32 Å². The fraction of sp³-hybridized carbons (Fsp3) is 0.250. The van der Waals surface area contributed by atoms with Crippen LogP contribution in [-0.4, -0.2) is 23.2 Å². The van der Waals surface area contributed by atoms with Crippen molar-refractivity contribution >= 4 is 34.5 Å². The van der Waals surface area contributed by atoms with Crippen molar-refractivity contribution in [3.8, 4) is 0 Å². The van der Waals surface area contributed by atoms with Gasteiger partial charge in [0.1, 0.15) is 5.69 Å². The third-order valence-corrected chi connectivity index (χ3v) is 2.23. The van der Waals surface area contributed by atoms with Crippen LogP contribution in [0.15, 0.2) is 22.8 Å². The summed E-state index contributed by atoms with van der Waals surface area (Å²) < 4.78 is 0.701. The standard InChI is InChI=1S/C8H9BrN2OS/c9-6-2-1-3-10-7(6)8(12)11-4-5-13/h1-3,13H,4-5H2,(H,11,12). The molecule has 1 aromatic rings. The highest BCUT2D eigenvalue weighted by Crippen LogP contribution is 2.12. The molecule has 13 heavy (non-hydrogen) atoms. The lowest BCUT2D eigenvalue weighted by atomic mass is 10.3. The van der Waals surface area contributed by atoms with Crippen LogP contribution in [0.25, 0.3) is 0 Å². The number of hydrogen-bond acceptors (Lipinski definition) is 3. The van der Waals surface area contributed by atoms with Gasteiger partial charge in [-0.25, -0.2) is 4.98 Å². The molecule has 1 heterocycles. The van der Waals surface area contributed by atoms with Gasteiger partial charge in [0, 0.05) is 23.0 Å². The number of rotatable bonds is 3. The van der Waals surface area contributed by atoms with Crippen LogP contribution in [0.1, 0.15) is 10.5 Å². The zero-order valence-corrected chi connectivity index (χ0v) is 9.31. The van der Waals surface area contributed by atoms with Gasteiger partial charge in [0.05, 0.1) is 0 Å². The highest BCUT2D eigenvalue weighted by Gasteiger charge is 2.08. The molecule has 0 radical (unpaired) electrons. The predicted octanol–water partition coefficient (Wildman–Crippen LogP) is 1.50. The molecule has 0 aliphatic carbocycles. The molecule has 1 aromatic heterocycles. The number of carbonyl (C=O) groups excluding carboxylic acids is 1. The van der Waals surface area contributed by atoms with E-state index in [9.17, 15) is 4.79 Å². The second-order valence-corrected chi connectivity index (χ2v) is 3.61. The molecule has 70 valence electrons. The minimum Gasteiger partial charge on any atom is -0.350 e. The van der Waals surface area contributed by atoms with Gasteiger partial charge in [0.15, 0.2) is 0 Å². The monoisotopic (exact) mass is 260 g/mol. The number of amides is 1. The number of pyridine rings is 1. The Hall–Kier alpha value is -0.550. The Labute approximate surface area is 90.5 Å². The molecule has 0 aromatic carbocycles. The van der Waals surface area contributed by atoms with Gasteiger partial charge in [0.2, 0.25) is 0 Å². The summed E-state index contributed by atoms with van der Waals surface area (Å²) in [5.41, 5.74) is 0.407. The summed E-state index contributed by atoms with van der Waals surface area (Å²) in [5.74, 6) is 0.442. The topological polar surface area (TPSA) is 42.0 Å². The normalized spacial score (nSPS) is 9.69. The lowest BCUT2D eigenvalue weighted by Gasteiger charge is -2.03. The Kier molecular flexibility index (Phi) is 4.24. The molecule has 0 unspecified atom stereocenters. The molecule has 0 spiro atoms. The van der Waals surface area contributed by atoms with Crippen molar-refractivity contribution in [2.75, 3.05) is 12.3 Å². The lowest BCUT2D eigenvalue weighted by Crippen LogP contribution is -2.26. The van der Waals surface area contributed by atoms with E-state index >= 15 is 0 Å². The van der Waals surface area contributed by atoms with Crippen LogP contribution < -0.4 is 5.32 Å². The number of thiol groups is 1. The summed E-state index contributed by atoms with van der Waals surface area (Å²) in [5, 5.41) is 2.68. The van der Waals surface area contributed by atoms with Crippen LogP contribution in [0.2, 0.25) is 0 Å². The van der Waals surface area contributed by atoms with Crippen LogP contribution in [0.5, 0.6) is 0 Å². The molecule has 0 saturated heterocycles. The first kappa shape index (κ1) is 10.5. The van der Waals surface area contributed by atoms with E-state index < -0.39 is 0 Å². The molecule has 0 bridgehead atoms. The molecule has 0 aliphatic heterocycles. The molecular formula is C8H9BrN2OS. The Bertz CT molecular complexity index is 306. The maximum atomic E-state index is 11.4. The molecule has 0 saturated carbocycles. The summed E-state index contributed by atoms with van der Waals surface area (Å²) in [6.07, 6.45) is 1.58. The highest BCUT2D eigenvalue weighted by molar-refractivity contribution is 9.10. The van der Waals surface area contributed by atoms with E-state index in [-0.39, 0.29) is 5.91 Å². The van der Waals surface area contributed by atoms with E-state index in [4.69, 9.17) is 0 Å². The molecule has 3 nitrogen and oxygen atoms in total. The van der Waals surface area contributed by atoms with Crippen molar-refractivity contribution in [1.29, 1.82) is 0 Å². The zero-order valence-electron chi connectivity index (χ0n) is 6.83. The van der Waals surface area contributed by atoms with Crippen LogP contribution in [0, 0.1) is 0 Å². The second-order valence-electron chi connectivity index (χ2n) is 2.31. The van der Waals surface area contributed by atoms with Gasteiger partial charge in [-0.15, -0.1) is 0 Å². The van der Waals surface area contributed by atoms with Gasteiger partial charge in [-0.3, -0.25) is 4.79 Å². The van der Waals surface area contributed by atoms with Crippen molar-refractivity contribution in [2.24, 2.45) is 0 Å². The number of nitrogens with one attached hydrogen (secondary N) is 1. The molecule has 1 amide bonds. The molecule has 5 heteroatoms. The second kappa shape index (κ2) is 5.24. The van der Waals surface area contributed by atoms with E-state index in [1.54, 1.807) is 18.3 Å². The van der Waals surface area contributed by atoms with Gasteiger partial charge >= 0.3 is 0 Å². The quantitative estimate of drug-likeness (QED) is 0.810. The summed E-state index contributed by atoms with van der Waals surface area (Å²) in [6, 6.07) is 3.54. The molecule has 0 aliphatic rings. The van der Waals surface area contributed by atoms with E-state index in [1.807, 2.05) is 0 Å². The smallest absolute Gasteiger partial charge is 0.271 e. The van der Waals surface area contributed by atoms with Crippen molar-refractivity contribution in [3.63, 3.8) is 0 Å². The first-order valence-corrected chi connectivity index (χ1v) is 5.18. The first-order valence-electron chi connectivity index (χ1n) is 3.75. The van der Waals surface area contributed by atoms with E-state index in [0.29, 0.717) is 22.5 Å². The number of hydrogen-bond donors (Lipinski definition) is 2. The summed E-state index contributed by atoms with van der Waals surface area (Å²) >= 11 is 7.23. The Morgan fingerprint density at radius 3 is 3.08 bits per heavy atom. The van der Waals surface area contributed by atoms with E-state index in [2.05, 4.69) is 38.9 Å². The highest BCUT2D eigenvalue weighted by atomic mass is 79.9.